The fraction of sp³-hybridized carbons (Fsp3) is 0.462. The van der Waals surface area contributed by atoms with Crippen molar-refractivity contribution in [2.75, 3.05) is 26.8 Å². The lowest BCUT2D eigenvalue weighted by Crippen LogP contribution is -2.40. The number of amides is 1. The number of nitrogens with zero attached hydrogens (tertiary/aromatic N) is 2. The molecule has 1 aromatic heterocycles. The lowest BCUT2D eigenvalue weighted by atomic mass is 10.1. The minimum Gasteiger partial charge on any atom is -0.380 e. The normalized spacial score (nSPS) is 15.0. The molecule has 0 bridgehead atoms. The van der Waals surface area contributed by atoms with Crippen LogP contribution < -0.4 is 11.2 Å². The highest BCUT2D eigenvalue weighted by Gasteiger charge is 2.18. The third-order valence-electron chi connectivity index (χ3n) is 3.26. The smallest absolute Gasteiger partial charge is 0.328 e. The number of H-pyrrole nitrogens is 1. The molecule has 1 amide bonds. The predicted octanol–water partition coefficient (Wildman–Crippen LogP) is 0.104. The number of hydrogen-bond acceptors (Lipinski definition) is 4. The molecule has 0 saturated heterocycles. The van der Waals surface area contributed by atoms with Crippen molar-refractivity contribution < 1.29 is 9.53 Å². The Bertz CT molecular complexity index is 677. The van der Waals surface area contributed by atoms with Gasteiger partial charge in [-0.25, -0.2) is 4.79 Å². The summed E-state index contributed by atoms with van der Waals surface area (Å²) in [6.07, 6.45) is 4.06. The monoisotopic (exact) mass is 357 g/mol. The fourth-order valence-corrected chi connectivity index (χ4v) is 2.45. The van der Waals surface area contributed by atoms with Gasteiger partial charge >= 0.3 is 5.69 Å². The van der Waals surface area contributed by atoms with Crippen LogP contribution in [-0.2, 0) is 16.1 Å². The van der Waals surface area contributed by atoms with E-state index < -0.39 is 11.2 Å². The average Bonchev–Trinajstić information content (AvgIpc) is 2.46. The van der Waals surface area contributed by atoms with Crippen LogP contribution in [-0.4, -0.2) is 47.2 Å². The van der Waals surface area contributed by atoms with Gasteiger partial charge in [-0.15, -0.1) is 0 Å². The summed E-state index contributed by atoms with van der Waals surface area (Å²) in [4.78, 5) is 38.9. The molecular formula is C13H16BrN3O4. The van der Waals surface area contributed by atoms with Crippen LogP contribution in [0.4, 0.5) is 0 Å². The summed E-state index contributed by atoms with van der Waals surface area (Å²) in [5.41, 5.74) is 0.0727. The van der Waals surface area contributed by atoms with Gasteiger partial charge in [0.2, 0.25) is 5.91 Å². The summed E-state index contributed by atoms with van der Waals surface area (Å²) in [5.74, 6) is -0.163. The lowest BCUT2D eigenvalue weighted by molar-refractivity contribution is -0.131. The molecule has 1 aliphatic heterocycles. The zero-order valence-corrected chi connectivity index (χ0v) is 13.2. The summed E-state index contributed by atoms with van der Waals surface area (Å²) in [7, 11) is 1.64. The van der Waals surface area contributed by atoms with E-state index in [0.29, 0.717) is 19.7 Å². The van der Waals surface area contributed by atoms with Crippen LogP contribution in [0.2, 0.25) is 0 Å². The molecule has 2 heterocycles. The van der Waals surface area contributed by atoms with Crippen LogP contribution in [0.1, 0.15) is 6.42 Å². The summed E-state index contributed by atoms with van der Waals surface area (Å²) in [5, 5.41) is 0. The standard InChI is InChI=1S/C13H16BrN3O4/c1-21-8-9-2-4-16(5-3-9)11(18)7-17-6-10(14)12(19)15-13(17)20/h2,6H,3-5,7-8H2,1H3,(H,15,19,20). The van der Waals surface area contributed by atoms with Gasteiger partial charge in [-0.2, -0.15) is 0 Å². The van der Waals surface area contributed by atoms with E-state index >= 15 is 0 Å². The number of aromatic nitrogens is 2. The first-order valence-electron chi connectivity index (χ1n) is 6.45. The maximum atomic E-state index is 12.2. The Morgan fingerprint density at radius 2 is 2.24 bits per heavy atom. The van der Waals surface area contributed by atoms with Gasteiger partial charge in [0.15, 0.2) is 0 Å². The quantitative estimate of drug-likeness (QED) is 0.774. The molecule has 1 N–H and O–H groups in total. The molecule has 1 aromatic rings. The molecule has 0 spiro atoms. The van der Waals surface area contributed by atoms with Crippen molar-refractivity contribution >= 4 is 21.8 Å². The van der Waals surface area contributed by atoms with Crippen molar-refractivity contribution in [1.29, 1.82) is 0 Å². The fourth-order valence-electron chi connectivity index (χ4n) is 2.10. The number of ether oxygens (including phenoxy) is 1. The predicted molar refractivity (Wildman–Crippen MR) is 80.2 cm³/mol. The molecule has 0 unspecified atom stereocenters. The molecule has 2 rings (SSSR count). The van der Waals surface area contributed by atoms with Crippen molar-refractivity contribution in [3.63, 3.8) is 0 Å². The largest absolute Gasteiger partial charge is 0.380 e. The number of halogens is 1. The van der Waals surface area contributed by atoms with Crippen LogP contribution >= 0.6 is 15.9 Å². The number of rotatable bonds is 4. The van der Waals surface area contributed by atoms with Crippen LogP contribution in [0.15, 0.2) is 31.9 Å². The number of nitrogens with one attached hydrogen (secondary N) is 1. The molecule has 0 fully saturated rings. The van der Waals surface area contributed by atoms with E-state index in [9.17, 15) is 14.4 Å². The number of methoxy groups -OCH3 is 1. The molecule has 0 atom stereocenters. The van der Waals surface area contributed by atoms with Crippen molar-refractivity contribution in [3.05, 3.63) is 43.2 Å². The summed E-state index contributed by atoms with van der Waals surface area (Å²) in [6, 6.07) is 0. The Balaban J connectivity index is 2.05. The van der Waals surface area contributed by atoms with Crippen molar-refractivity contribution in [2.45, 2.75) is 13.0 Å². The Hall–Kier alpha value is -1.67. The first kappa shape index (κ1) is 15.7. The van der Waals surface area contributed by atoms with Crippen LogP contribution in [0.25, 0.3) is 0 Å². The second-order valence-electron chi connectivity index (χ2n) is 4.75. The van der Waals surface area contributed by atoms with Crippen molar-refractivity contribution in [2.24, 2.45) is 0 Å². The highest BCUT2D eigenvalue weighted by molar-refractivity contribution is 9.10. The van der Waals surface area contributed by atoms with Gasteiger partial charge in [0.1, 0.15) is 6.54 Å². The number of carbonyl (C=O) groups excluding carboxylic acids is 1. The van der Waals surface area contributed by atoms with Crippen LogP contribution in [0, 0.1) is 0 Å². The second-order valence-corrected chi connectivity index (χ2v) is 5.60. The molecule has 0 aromatic carbocycles. The van der Waals surface area contributed by atoms with Gasteiger partial charge in [0, 0.05) is 26.4 Å². The van der Waals surface area contributed by atoms with E-state index in [-0.39, 0.29) is 16.9 Å². The Kier molecular flexibility index (Phi) is 5.13. The molecule has 21 heavy (non-hydrogen) atoms. The topological polar surface area (TPSA) is 84.4 Å². The Morgan fingerprint density at radius 1 is 1.48 bits per heavy atom. The minimum absolute atomic E-state index is 0.0956. The first-order chi connectivity index (χ1) is 10.0. The molecule has 0 saturated carbocycles. The maximum absolute atomic E-state index is 12.2. The Labute approximate surface area is 129 Å². The van der Waals surface area contributed by atoms with Gasteiger partial charge in [-0.3, -0.25) is 19.1 Å². The zero-order chi connectivity index (χ0) is 15.4. The van der Waals surface area contributed by atoms with E-state index in [4.69, 9.17) is 4.74 Å². The second kappa shape index (κ2) is 6.86. The highest BCUT2D eigenvalue weighted by Crippen LogP contribution is 2.11. The summed E-state index contributed by atoms with van der Waals surface area (Å²) < 4.78 is 6.46. The molecular weight excluding hydrogens is 342 g/mol. The van der Waals surface area contributed by atoms with Gasteiger partial charge in [0.25, 0.3) is 5.56 Å². The Morgan fingerprint density at radius 3 is 2.86 bits per heavy atom. The molecule has 0 radical (unpaired) electrons. The third kappa shape index (κ3) is 3.92. The minimum atomic E-state index is -0.593. The molecule has 0 aliphatic carbocycles. The van der Waals surface area contributed by atoms with Gasteiger partial charge in [-0.1, -0.05) is 6.08 Å². The van der Waals surface area contributed by atoms with Crippen LogP contribution in [0.5, 0.6) is 0 Å². The molecule has 8 heteroatoms. The van der Waals surface area contributed by atoms with E-state index in [1.54, 1.807) is 12.0 Å². The highest BCUT2D eigenvalue weighted by atomic mass is 79.9. The summed E-state index contributed by atoms with van der Waals surface area (Å²) in [6.45, 7) is 1.60. The molecule has 114 valence electrons. The number of carbonyl (C=O) groups is 1. The van der Waals surface area contributed by atoms with Gasteiger partial charge in [-0.05, 0) is 27.9 Å². The number of hydrogen-bond donors (Lipinski definition) is 1. The molecule has 7 nitrogen and oxygen atoms in total. The van der Waals surface area contributed by atoms with E-state index in [2.05, 4.69) is 20.9 Å². The summed E-state index contributed by atoms with van der Waals surface area (Å²) >= 11 is 3.04. The first-order valence-corrected chi connectivity index (χ1v) is 7.24. The maximum Gasteiger partial charge on any atom is 0.328 e. The average molecular weight is 358 g/mol. The number of aromatic amines is 1. The van der Waals surface area contributed by atoms with E-state index in [1.165, 1.54) is 16.3 Å². The SMILES string of the molecule is COCC1=CCN(C(=O)Cn2cc(Br)c(=O)[nH]c2=O)CC1. The van der Waals surface area contributed by atoms with Gasteiger partial charge in [0.05, 0.1) is 11.1 Å². The lowest BCUT2D eigenvalue weighted by Gasteiger charge is -2.26. The van der Waals surface area contributed by atoms with Crippen molar-refractivity contribution in [1.82, 2.24) is 14.5 Å². The van der Waals surface area contributed by atoms with Gasteiger partial charge < -0.3 is 9.64 Å². The third-order valence-corrected chi connectivity index (χ3v) is 3.82. The van der Waals surface area contributed by atoms with E-state index in [0.717, 1.165) is 6.42 Å². The van der Waals surface area contributed by atoms with E-state index in [1.807, 2.05) is 6.08 Å². The van der Waals surface area contributed by atoms with Crippen LogP contribution in [0.3, 0.4) is 0 Å². The zero-order valence-electron chi connectivity index (χ0n) is 11.6. The molecule has 1 aliphatic rings. The van der Waals surface area contributed by atoms with Crippen molar-refractivity contribution in [3.8, 4) is 0 Å².